The standard InChI is InChI=1S/C21H23N3O4/c1-14-5-2-3-6-17(14)22-19(25)15-13-16(15)20(26)23-8-10-24(11-9-23)21(27)18-7-4-12-28-18/h2-7,12,15-16H,8-11,13H2,1H3,(H,22,25). The second-order valence-electron chi connectivity index (χ2n) is 7.35. The zero-order valence-corrected chi connectivity index (χ0v) is 15.8. The van der Waals surface area contributed by atoms with Crippen LogP contribution in [0.15, 0.2) is 47.1 Å². The third-order valence-electron chi connectivity index (χ3n) is 5.46. The summed E-state index contributed by atoms with van der Waals surface area (Å²) in [6, 6.07) is 10.9. The van der Waals surface area contributed by atoms with Crippen molar-refractivity contribution in [2.24, 2.45) is 11.8 Å². The van der Waals surface area contributed by atoms with Gasteiger partial charge in [0.15, 0.2) is 5.76 Å². The number of carbonyl (C=O) groups is 3. The first-order valence-corrected chi connectivity index (χ1v) is 9.52. The fourth-order valence-corrected chi connectivity index (χ4v) is 3.62. The van der Waals surface area contributed by atoms with Crippen LogP contribution < -0.4 is 5.32 Å². The molecule has 0 spiro atoms. The molecule has 1 saturated carbocycles. The Morgan fingerprint density at radius 2 is 1.68 bits per heavy atom. The van der Waals surface area contributed by atoms with Gasteiger partial charge in [-0.15, -0.1) is 0 Å². The first-order valence-electron chi connectivity index (χ1n) is 9.52. The van der Waals surface area contributed by atoms with Crippen LogP contribution in [-0.2, 0) is 9.59 Å². The van der Waals surface area contributed by atoms with E-state index in [2.05, 4.69) is 5.32 Å². The largest absolute Gasteiger partial charge is 0.459 e. The van der Waals surface area contributed by atoms with Crippen molar-refractivity contribution >= 4 is 23.4 Å². The molecule has 1 saturated heterocycles. The summed E-state index contributed by atoms with van der Waals surface area (Å²) in [5.74, 6) is -0.450. The molecule has 1 aliphatic carbocycles. The highest BCUT2D eigenvalue weighted by molar-refractivity contribution is 6.00. The molecule has 0 bridgehead atoms. The molecule has 2 unspecified atom stereocenters. The summed E-state index contributed by atoms with van der Waals surface area (Å²) in [5.41, 5.74) is 1.78. The average molecular weight is 381 g/mol. The lowest BCUT2D eigenvalue weighted by Gasteiger charge is -2.34. The summed E-state index contributed by atoms with van der Waals surface area (Å²) < 4.78 is 5.15. The first kappa shape index (κ1) is 18.3. The van der Waals surface area contributed by atoms with Crippen molar-refractivity contribution in [3.05, 3.63) is 54.0 Å². The van der Waals surface area contributed by atoms with E-state index in [0.29, 0.717) is 38.4 Å². The molecule has 2 heterocycles. The van der Waals surface area contributed by atoms with Gasteiger partial charge < -0.3 is 19.5 Å². The van der Waals surface area contributed by atoms with Gasteiger partial charge in [0.1, 0.15) is 0 Å². The smallest absolute Gasteiger partial charge is 0.289 e. The van der Waals surface area contributed by atoms with Crippen molar-refractivity contribution in [3.8, 4) is 0 Å². The maximum atomic E-state index is 12.7. The lowest BCUT2D eigenvalue weighted by molar-refractivity contribution is -0.135. The van der Waals surface area contributed by atoms with Crippen LogP contribution in [0.4, 0.5) is 5.69 Å². The van der Waals surface area contributed by atoms with Crippen LogP contribution in [0.5, 0.6) is 0 Å². The van der Waals surface area contributed by atoms with Gasteiger partial charge in [0, 0.05) is 31.9 Å². The monoisotopic (exact) mass is 381 g/mol. The number of nitrogens with one attached hydrogen (secondary N) is 1. The average Bonchev–Trinajstić information content (AvgIpc) is 3.33. The van der Waals surface area contributed by atoms with Crippen LogP contribution in [0.1, 0.15) is 22.5 Å². The number of para-hydroxylation sites is 1. The highest BCUT2D eigenvalue weighted by Crippen LogP contribution is 2.41. The molecule has 0 radical (unpaired) electrons. The van der Waals surface area contributed by atoms with E-state index in [4.69, 9.17) is 4.42 Å². The van der Waals surface area contributed by atoms with Crippen molar-refractivity contribution in [2.45, 2.75) is 13.3 Å². The Morgan fingerprint density at radius 1 is 0.964 bits per heavy atom. The summed E-state index contributed by atoms with van der Waals surface area (Å²) in [4.78, 5) is 40.9. The Labute approximate surface area is 163 Å². The number of rotatable bonds is 4. The Bertz CT molecular complexity index is 885. The van der Waals surface area contributed by atoms with Crippen LogP contribution >= 0.6 is 0 Å². The van der Waals surface area contributed by atoms with E-state index in [1.807, 2.05) is 31.2 Å². The second kappa shape index (κ2) is 7.50. The lowest BCUT2D eigenvalue weighted by Crippen LogP contribution is -2.51. The summed E-state index contributed by atoms with van der Waals surface area (Å²) in [6.07, 6.45) is 2.06. The minimum absolute atomic E-state index is 0.00929. The van der Waals surface area contributed by atoms with Gasteiger partial charge in [0.05, 0.1) is 18.1 Å². The maximum Gasteiger partial charge on any atom is 0.289 e. The van der Waals surface area contributed by atoms with Crippen molar-refractivity contribution in [1.82, 2.24) is 9.80 Å². The van der Waals surface area contributed by atoms with Crippen LogP contribution in [0.3, 0.4) is 0 Å². The number of carbonyl (C=O) groups excluding carboxylic acids is 3. The minimum atomic E-state index is -0.269. The molecule has 7 heteroatoms. The number of amides is 3. The highest BCUT2D eigenvalue weighted by Gasteiger charge is 2.49. The van der Waals surface area contributed by atoms with Crippen molar-refractivity contribution in [2.75, 3.05) is 31.5 Å². The molecular formula is C21H23N3O4. The van der Waals surface area contributed by atoms with E-state index >= 15 is 0 Å². The van der Waals surface area contributed by atoms with Gasteiger partial charge in [-0.2, -0.15) is 0 Å². The zero-order valence-electron chi connectivity index (χ0n) is 15.8. The molecule has 7 nitrogen and oxygen atoms in total. The molecule has 2 atom stereocenters. The Kier molecular flexibility index (Phi) is 4.90. The molecule has 28 heavy (non-hydrogen) atoms. The molecule has 2 aromatic rings. The number of benzene rings is 1. The van der Waals surface area contributed by atoms with E-state index in [1.54, 1.807) is 21.9 Å². The summed E-state index contributed by atoms with van der Waals surface area (Å²) in [7, 11) is 0. The highest BCUT2D eigenvalue weighted by atomic mass is 16.3. The molecule has 1 aliphatic heterocycles. The molecule has 1 N–H and O–H groups in total. The van der Waals surface area contributed by atoms with Gasteiger partial charge in [0.25, 0.3) is 5.91 Å². The summed E-state index contributed by atoms with van der Waals surface area (Å²) in [5, 5.41) is 2.92. The van der Waals surface area contributed by atoms with E-state index in [-0.39, 0.29) is 29.6 Å². The van der Waals surface area contributed by atoms with Gasteiger partial charge in [-0.1, -0.05) is 18.2 Å². The predicted molar refractivity (Wildman–Crippen MR) is 103 cm³/mol. The number of piperazine rings is 1. The minimum Gasteiger partial charge on any atom is -0.459 e. The molecule has 1 aromatic carbocycles. The van der Waals surface area contributed by atoms with E-state index in [0.717, 1.165) is 11.3 Å². The van der Waals surface area contributed by atoms with Gasteiger partial charge >= 0.3 is 0 Å². The Balaban J connectivity index is 1.28. The summed E-state index contributed by atoms with van der Waals surface area (Å²) in [6.45, 7) is 3.84. The van der Waals surface area contributed by atoms with Crippen molar-refractivity contribution < 1.29 is 18.8 Å². The van der Waals surface area contributed by atoms with Gasteiger partial charge in [-0.25, -0.2) is 0 Å². The zero-order chi connectivity index (χ0) is 19.7. The molecule has 146 valence electrons. The van der Waals surface area contributed by atoms with Gasteiger partial charge in [-0.3, -0.25) is 14.4 Å². The van der Waals surface area contributed by atoms with Crippen molar-refractivity contribution in [3.63, 3.8) is 0 Å². The topological polar surface area (TPSA) is 82.9 Å². The Hall–Kier alpha value is -3.09. The molecule has 2 aliphatic rings. The fraction of sp³-hybridized carbons (Fsp3) is 0.381. The number of hydrogen-bond acceptors (Lipinski definition) is 4. The van der Waals surface area contributed by atoms with Crippen LogP contribution in [0, 0.1) is 18.8 Å². The fourth-order valence-electron chi connectivity index (χ4n) is 3.62. The van der Waals surface area contributed by atoms with Crippen molar-refractivity contribution in [1.29, 1.82) is 0 Å². The maximum absolute atomic E-state index is 12.7. The van der Waals surface area contributed by atoms with E-state index < -0.39 is 0 Å². The number of nitrogens with zero attached hydrogens (tertiary/aromatic N) is 2. The van der Waals surface area contributed by atoms with Crippen LogP contribution in [-0.4, -0.2) is 53.7 Å². The van der Waals surface area contributed by atoms with Gasteiger partial charge in [0.2, 0.25) is 11.8 Å². The molecule has 1 aromatic heterocycles. The number of hydrogen-bond donors (Lipinski definition) is 1. The third kappa shape index (κ3) is 3.65. The van der Waals surface area contributed by atoms with Crippen LogP contribution in [0.25, 0.3) is 0 Å². The number of furan rings is 1. The third-order valence-corrected chi connectivity index (χ3v) is 5.46. The normalized spacial score (nSPS) is 21.3. The lowest BCUT2D eigenvalue weighted by atomic mass is 10.2. The molecule has 4 rings (SSSR count). The van der Waals surface area contributed by atoms with E-state index in [9.17, 15) is 14.4 Å². The summed E-state index contributed by atoms with van der Waals surface area (Å²) >= 11 is 0. The second-order valence-corrected chi connectivity index (χ2v) is 7.35. The number of aryl methyl sites for hydroxylation is 1. The molecule has 3 amide bonds. The molecular weight excluding hydrogens is 358 g/mol. The van der Waals surface area contributed by atoms with E-state index in [1.165, 1.54) is 6.26 Å². The predicted octanol–water partition coefficient (Wildman–Crippen LogP) is 2.15. The molecule has 2 fully saturated rings. The van der Waals surface area contributed by atoms with Crippen LogP contribution in [0.2, 0.25) is 0 Å². The van der Waals surface area contributed by atoms with Gasteiger partial charge in [-0.05, 0) is 37.1 Å². The SMILES string of the molecule is Cc1ccccc1NC(=O)C1CC1C(=O)N1CCN(C(=O)c2ccco2)CC1. The quantitative estimate of drug-likeness (QED) is 0.880. The Morgan fingerprint density at radius 3 is 2.36 bits per heavy atom. The number of anilines is 1. The first-order chi connectivity index (χ1) is 13.5.